The van der Waals surface area contributed by atoms with Crippen LogP contribution in [0.4, 0.5) is 5.69 Å². The summed E-state index contributed by atoms with van der Waals surface area (Å²) in [5, 5.41) is 0. The van der Waals surface area contributed by atoms with Crippen LogP contribution in [0.2, 0.25) is 0 Å². The second kappa shape index (κ2) is 6.26. The van der Waals surface area contributed by atoms with Crippen LogP contribution in [0.3, 0.4) is 0 Å². The van der Waals surface area contributed by atoms with E-state index in [0.717, 1.165) is 50.6 Å². The van der Waals surface area contributed by atoms with Gasteiger partial charge in [-0.3, -0.25) is 4.90 Å². The number of fused-ring (bicyclic) bond motifs is 1. The first-order valence-corrected chi connectivity index (χ1v) is 8.29. The van der Waals surface area contributed by atoms with Crippen molar-refractivity contribution in [2.24, 2.45) is 0 Å². The normalized spacial score (nSPS) is 17.6. The number of piperazine rings is 1. The lowest BCUT2D eigenvalue weighted by Gasteiger charge is -2.34. The molecule has 2 N–H and O–H groups in total. The van der Waals surface area contributed by atoms with Gasteiger partial charge in [0.2, 0.25) is 0 Å². The van der Waals surface area contributed by atoms with Gasteiger partial charge in [-0.25, -0.2) is 4.98 Å². The molecule has 0 atom stereocenters. The first kappa shape index (κ1) is 15.3. The van der Waals surface area contributed by atoms with Crippen LogP contribution in [0.15, 0.2) is 18.3 Å². The van der Waals surface area contributed by atoms with E-state index in [-0.39, 0.29) is 0 Å². The van der Waals surface area contributed by atoms with Crippen LogP contribution in [-0.4, -0.2) is 51.9 Å². The molecule has 5 nitrogen and oxygen atoms in total. The molecular weight excluding hydrogens is 274 g/mol. The molecule has 2 aromatic heterocycles. The first-order chi connectivity index (χ1) is 10.6. The standard InChI is InChI=1S/C17H27N5/c1-4-20-7-9-21(10-8-20)12-15-17(13(2)3)19-16-6-5-14(18)11-22(15)16/h5-6,11,13H,4,7-10,12,18H2,1-3H3. The number of aromatic nitrogens is 2. The third-order valence-electron chi connectivity index (χ3n) is 4.60. The van der Waals surface area contributed by atoms with Crippen molar-refractivity contribution in [1.29, 1.82) is 0 Å². The van der Waals surface area contributed by atoms with E-state index in [4.69, 9.17) is 10.7 Å². The Morgan fingerprint density at radius 2 is 1.82 bits per heavy atom. The summed E-state index contributed by atoms with van der Waals surface area (Å²) < 4.78 is 2.18. The van der Waals surface area contributed by atoms with E-state index in [0.29, 0.717) is 5.92 Å². The van der Waals surface area contributed by atoms with E-state index in [1.165, 1.54) is 11.4 Å². The molecule has 0 spiro atoms. The summed E-state index contributed by atoms with van der Waals surface area (Å²) in [7, 11) is 0. The van der Waals surface area contributed by atoms with E-state index in [1.54, 1.807) is 0 Å². The minimum absolute atomic E-state index is 0.424. The summed E-state index contributed by atoms with van der Waals surface area (Å²) in [5.41, 5.74) is 10.3. The highest BCUT2D eigenvalue weighted by Gasteiger charge is 2.21. The Balaban J connectivity index is 1.88. The lowest BCUT2D eigenvalue weighted by Crippen LogP contribution is -2.45. The third kappa shape index (κ3) is 2.96. The number of nitrogens with zero attached hydrogens (tertiary/aromatic N) is 4. The molecule has 1 saturated heterocycles. The fraction of sp³-hybridized carbons (Fsp3) is 0.588. The molecule has 0 amide bonds. The smallest absolute Gasteiger partial charge is 0.137 e. The summed E-state index contributed by atoms with van der Waals surface area (Å²) in [4.78, 5) is 9.86. The van der Waals surface area contributed by atoms with Crippen LogP contribution in [-0.2, 0) is 6.54 Å². The van der Waals surface area contributed by atoms with E-state index in [1.807, 2.05) is 18.3 Å². The molecule has 22 heavy (non-hydrogen) atoms. The number of nitrogen functional groups attached to an aromatic ring is 1. The predicted molar refractivity (Wildman–Crippen MR) is 91.1 cm³/mol. The van der Waals surface area contributed by atoms with Gasteiger partial charge in [-0.2, -0.15) is 0 Å². The Morgan fingerprint density at radius 3 is 2.45 bits per heavy atom. The molecular formula is C17H27N5. The van der Waals surface area contributed by atoms with Gasteiger partial charge in [0.1, 0.15) is 5.65 Å². The zero-order valence-electron chi connectivity index (χ0n) is 13.9. The van der Waals surface area contributed by atoms with Gasteiger partial charge in [0.15, 0.2) is 0 Å². The number of imidazole rings is 1. The third-order valence-corrected chi connectivity index (χ3v) is 4.60. The van der Waals surface area contributed by atoms with E-state index in [2.05, 4.69) is 35.0 Å². The van der Waals surface area contributed by atoms with Crippen molar-refractivity contribution in [3.63, 3.8) is 0 Å². The molecule has 3 heterocycles. The minimum Gasteiger partial charge on any atom is -0.398 e. The highest BCUT2D eigenvalue weighted by molar-refractivity contribution is 5.50. The van der Waals surface area contributed by atoms with Crippen molar-refractivity contribution in [2.75, 3.05) is 38.5 Å². The maximum atomic E-state index is 5.98. The number of hydrogen-bond donors (Lipinski definition) is 1. The van der Waals surface area contributed by atoms with E-state index in [9.17, 15) is 0 Å². The highest BCUT2D eigenvalue weighted by Crippen LogP contribution is 2.23. The van der Waals surface area contributed by atoms with Gasteiger partial charge in [-0.1, -0.05) is 20.8 Å². The number of pyridine rings is 1. The average molecular weight is 301 g/mol. The predicted octanol–water partition coefficient (Wildman–Crippen LogP) is 2.18. The van der Waals surface area contributed by atoms with Crippen molar-refractivity contribution in [2.45, 2.75) is 33.2 Å². The molecule has 2 aromatic rings. The largest absolute Gasteiger partial charge is 0.398 e. The number of anilines is 1. The molecule has 0 aliphatic carbocycles. The molecule has 0 bridgehead atoms. The van der Waals surface area contributed by atoms with Crippen molar-refractivity contribution >= 4 is 11.3 Å². The molecule has 1 aliphatic rings. The van der Waals surface area contributed by atoms with Gasteiger partial charge in [0.25, 0.3) is 0 Å². The zero-order chi connectivity index (χ0) is 15.7. The van der Waals surface area contributed by atoms with E-state index < -0.39 is 0 Å². The fourth-order valence-corrected chi connectivity index (χ4v) is 3.22. The van der Waals surface area contributed by atoms with Crippen molar-refractivity contribution < 1.29 is 0 Å². The Bertz CT molecular complexity index is 638. The highest BCUT2D eigenvalue weighted by atomic mass is 15.3. The quantitative estimate of drug-likeness (QED) is 0.940. The summed E-state index contributed by atoms with van der Waals surface area (Å²) in [5.74, 6) is 0.424. The molecule has 0 unspecified atom stereocenters. The molecule has 0 aromatic carbocycles. The van der Waals surface area contributed by atoms with Crippen LogP contribution in [0, 0.1) is 0 Å². The van der Waals surface area contributed by atoms with Crippen molar-refractivity contribution in [3.05, 3.63) is 29.7 Å². The van der Waals surface area contributed by atoms with Gasteiger partial charge in [0, 0.05) is 44.6 Å². The Labute approximate surface area is 132 Å². The van der Waals surface area contributed by atoms with Crippen LogP contribution in [0.1, 0.15) is 38.1 Å². The van der Waals surface area contributed by atoms with Gasteiger partial charge < -0.3 is 15.0 Å². The molecule has 3 rings (SSSR count). The second-order valence-electron chi connectivity index (χ2n) is 6.50. The van der Waals surface area contributed by atoms with E-state index >= 15 is 0 Å². The molecule has 5 heteroatoms. The zero-order valence-corrected chi connectivity index (χ0v) is 13.9. The Morgan fingerprint density at radius 1 is 1.14 bits per heavy atom. The lowest BCUT2D eigenvalue weighted by atomic mass is 10.1. The average Bonchev–Trinajstić information content (AvgIpc) is 2.86. The SMILES string of the molecule is CCN1CCN(Cc2c(C(C)C)nc3ccc(N)cn23)CC1. The maximum Gasteiger partial charge on any atom is 0.137 e. The fourth-order valence-electron chi connectivity index (χ4n) is 3.22. The monoisotopic (exact) mass is 301 g/mol. The lowest BCUT2D eigenvalue weighted by molar-refractivity contribution is 0.130. The maximum absolute atomic E-state index is 5.98. The number of rotatable bonds is 4. The number of hydrogen-bond acceptors (Lipinski definition) is 4. The first-order valence-electron chi connectivity index (χ1n) is 8.29. The number of nitrogens with two attached hydrogens (primary N) is 1. The van der Waals surface area contributed by atoms with Crippen LogP contribution >= 0.6 is 0 Å². The van der Waals surface area contributed by atoms with Crippen LogP contribution in [0.5, 0.6) is 0 Å². The van der Waals surface area contributed by atoms with Crippen molar-refractivity contribution in [1.82, 2.24) is 19.2 Å². The Hall–Kier alpha value is -1.59. The molecule has 0 radical (unpaired) electrons. The van der Waals surface area contributed by atoms with Crippen molar-refractivity contribution in [3.8, 4) is 0 Å². The summed E-state index contributed by atoms with van der Waals surface area (Å²) in [6, 6.07) is 3.94. The minimum atomic E-state index is 0.424. The summed E-state index contributed by atoms with van der Waals surface area (Å²) in [6.07, 6.45) is 2.01. The van der Waals surface area contributed by atoms with Crippen LogP contribution in [0.25, 0.3) is 5.65 Å². The molecule has 120 valence electrons. The van der Waals surface area contributed by atoms with Gasteiger partial charge >= 0.3 is 0 Å². The molecule has 1 aliphatic heterocycles. The summed E-state index contributed by atoms with van der Waals surface area (Å²) >= 11 is 0. The second-order valence-corrected chi connectivity index (χ2v) is 6.50. The number of likely N-dealkylation sites (N-methyl/N-ethyl adjacent to an activating group) is 1. The van der Waals surface area contributed by atoms with Crippen LogP contribution < -0.4 is 5.73 Å². The molecule has 1 fully saturated rings. The topological polar surface area (TPSA) is 49.8 Å². The molecule has 0 saturated carbocycles. The van der Waals surface area contributed by atoms with Gasteiger partial charge in [0.05, 0.1) is 11.4 Å². The van der Waals surface area contributed by atoms with Gasteiger partial charge in [-0.05, 0) is 24.6 Å². The summed E-state index contributed by atoms with van der Waals surface area (Å²) in [6.45, 7) is 13.3. The van der Waals surface area contributed by atoms with Gasteiger partial charge in [-0.15, -0.1) is 0 Å². The Kier molecular flexibility index (Phi) is 4.36.